The fourth-order valence-corrected chi connectivity index (χ4v) is 6.74. The number of halogens is 1. The Balaban J connectivity index is 1.54. The van der Waals surface area contributed by atoms with E-state index in [0.29, 0.717) is 29.8 Å². The maximum atomic E-state index is 14.5. The summed E-state index contributed by atoms with van der Waals surface area (Å²) in [6, 6.07) is 4.57. The Bertz CT molecular complexity index is 882. The van der Waals surface area contributed by atoms with Crippen LogP contribution in [0.5, 0.6) is 0 Å². The van der Waals surface area contributed by atoms with Gasteiger partial charge in [-0.2, -0.15) is 4.36 Å². The zero-order chi connectivity index (χ0) is 19.0. The number of benzene rings is 1. The molecule has 4 rings (SSSR count). The summed E-state index contributed by atoms with van der Waals surface area (Å²) in [5, 5.41) is 0. The molecule has 2 aliphatic heterocycles. The van der Waals surface area contributed by atoms with E-state index in [4.69, 9.17) is 9.31 Å². The lowest BCUT2D eigenvalue weighted by molar-refractivity contribution is -0.130. The number of nitrogens with zero attached hydrogens (tertiary/aromatic N) is 1. The summed E-state index contributed by atoms with van der Waals surface area (Å²) in [6.07, 6.45) is 0.978. The van der Waals surface area contributed by atoms with E-state index in [1.165, 1.54) is 12.1 Å². The van der Waals surface area contributed by atoms with Crippen LogP contribution in [0.2, 0.25) is 0 Å². The van der Waals surface area contributed by atoms with E-state index in [-0.39, 0.29) is 16.9 Å². The van der Waals surface area contributed by atoms with Crippen molar-refractivity contribution in [2.45, 2.75) is 51.7 Å². The summed E-state index contributed by atoms with van der Waals surface area (Å²) in [5.41, 5.74) is -0.459. The minimum Gasteiger partial charge on any atom is -0.399 e. The molecular weight excluding hydrogens is 356 g/mol. The predicted octanol–water partition coefficient (Wildman–Crippen LogP) is 2.59. The van der Waals surface area contributed by atoms with Crippen molar-refractivity contribution in [1.82, 2.24) is 0 Å². The summed E-state index contributed by atoms with van der Waals surface area (Å²) in [7, 11) is -3.10. The SMILES string of the molecule is CC1(C)OB(c2ccc(N=S3(=O)CC4(CC(=O)C4)C3)c(F)c2)OC1(C)C. The highest BCUT2D eigenvalue weighted by Crippen LogP contribution is 2.49. The van der Waals surface area contributed by atoms with Crippen LogP contribution in [0.15, 0.2) is 22.6 Å². The lowest BCUT2D eigenvalue weighted by atomic mass is 9.70. The third kappa shape index (κ3) is 2.82. The van der Waals surface area contributed by atoms with Crippen LogP contribution in [0.4, 0.5) is 10.1 Å². The second-order valence-electron chi connectivity index (χ2n) is 8.84. The quantitative estimate of drug-likeness (QED) is 0.741. The summed E-state index contributed by atoms with van der Waals surface area (Å²) in [5.74, 6) is 0.462. The van der Waals surface area contributed by atoms with Crippen molar-refractivity contribution in [2.75, 3.05) is 11.5 Å². The molecule has 1 aromatic rings. The first-order valence-electron chi connectivity index (χ1n) is 8.82. The van der Waals surface area contributed by atoms with Gasteiger partial charge in [0, 0.05) is 29.8 Å². The third-order valence-corrected chi connectivity index (χ3v) is 8.63. The number of Topliss-reactive ketones (excluding diaryl/α,β-unsaturated/α-hetero) is 1. The average Bonchev–Trinajstić information content (AvgIpc) is 2.66. The molecule has 0 aromatic heterocycles. The van der Waals surface area contributed by atoms with E-state index in [0.717, 1.165) is 0 Å². The molecule has 1 spiro atoms. The van der Waals surface area contributed by atoms with Crippen LogP contribution in [-0.2, 0) is 23.8 Å². The first kappa shape index (κ1) is 18.1. The molecule has 3 aliphatic rings. The molecule has 0 unspecified atom stereocenters. The smallest absolute Gasteiger partial charge is 0.399 e. The summed E-state index contributed by atoms with van der Waals surface area (Å²) >= 11 is 0. The molecule has 2 saturated heterocycles. The number of ketones is 1. The number of hydrogen-bond donors (Lipinski definition) is 0. The minimum absolute atomic E-state index is 0.0933. The second kappa shape index (κ2) is 5.39. The largest absolute Gasteiger partial charge is 0.494 e. The summed E-state index contributed by atoms with van der Waals surface area (Å²) < 4.78 is 43.3. The zero-order valence-corrected chi connectivity index (χ0v) is 16.3. The Morgan fingerprint density at radius 1 is 1.12 bits per heavy atom. The van der Waals surface area contributed by atoms with Gasteiger partial charge in [-0.25, -0.2) is 8.60 Å². The van der Waals surface area contributed by atoms with Crippen molar-refractivity contribution in [2.24, 2.45) is 9.78 Å². The maximum Gasteiger partial charge on any atom is 0.494 e. The molecular formula is C18H23BFNO4S. The van der Waals surface area contributed by atoms with Crippen LogP contribution in [0.1, 0.15) is 40.5 Å². The van der Waals surface area contributed by atoms with Crippen molar-refractivity contribution < 1.29 is 22.7 Å². The molecule has 1 aliphatic carbocycles. The Hall–Kier alpha value is -1.25. The molecule has 0 amide bonds. The van der Waals surface area contributed by atoms with Crippen molar-refractivity contribution in [3.63, 3.8) is 0 Å². The highest BCUT2D eigenvalue weighted by molar-refractivity contribution is 7.95. The zero-order valence-electron chi connectivity index (χ0n) is 15.5. The third-order valence-electron chi connectivity index (χ3n) is 5.97. The van der Waals surface area contributed by atoms with Gasteiger partial charge < -0.3 is 9.31 Å². The number of carbonyl (C=O) groups excluding carboxylic acids is 1. The number of hydrogen-bond acceptors (Lipinski definition) is 5. The lowest BCUT2D eigenvalue weighted by Gasteiger charge is -2.49. The van der Waals surface area contributed by atoms with Gasteiger partial charge in [-0.15, -0.1) is 0 Å². The molecule has 5 nitrogen and oxygen atoms in total. The molecule has 0 radical (unpaired) electrons. The van der Waals surface area contributed by atoms with E-state index >= 15 is 0 Å². The van der Waals surface area contributed by atoms with Gasteiger partial charge in [0.2, 0.25) is 0 Å². The maximum absolute atomic E-state index is 14.5. The molecule has 0 atom stereocenters. The van der Waals surface area contributed by atoms with Crippen molar-refractivity contribution in [1.29, 1.82) is 0 Å². The number of carbonyl (C=O) groups is 1. The molecule has 3 fully saturated rings. The first-order chi connectivity index (χ1) is 11.9. The first-order valence-corrected chi connectivity index (χ1v) is 10.7. The van der Waals surface area contributed by atoms with Gasteiger partial charge in [-0.3, -0.25) is 4.79 Å². The van der Waals surface area contributed by atoms with Crippen molar-refractivity contribution in [3.05, 3.63) is 24.0 Å². The summed E-state index contributed by atoms with van der Waals surface area (Å²) in [4.78, 5) is 11.2. The molecule has 26 heavy (non-hydrogen) atoms. The Morgan fingerprint density at radius 3 is 2.19 bits per heavy atom. The van der Waals surface area contributed by atoms with Gasteiger partial charge in [0.25, 0.3) is 0 Å². The van der Waals surface area contributed by atoms with Crippen LogP contribution in [0.25, 0.3) is 0 Å². The van der Waals surface area contributed by atoms with Crippen LogP contribution in [0, 0.1) is 11.2 Å². The second-order valence-corrected chi connectivity index (χ2v) is 11.1. The normalized spacial score (nSPS) is 27.1. The lowest BCUT2D eigenvalue weighted by Crippen LogP contribution is -2.56. The molecule has 1 saturated carbocycles. The predicted molar refractivity (Wildman–Crippen MR) is 98.8 cm³/mol. The highest BCUT2D eigenvalue weighted by atomic mass is 32.2. The fourth-order valence-electron chi connectivity index (χ4n) is 3.87. The van der Waals surface area contributed by atoms with Gasteiger partial charge >= 0.3 is 7.12 Å². The van der Waals surface area contributed by atoms with Crippen LogP contribution < -0.4 is 5.46 Å². The van der Waals surface area contributed by atoms with Crippen LogP contribution >= 0.6 is 0 Å². The Labute approximate surface area is 154 Å². The highest BCUT2D eigenvalue weighted by Gasteiger charge is 2.55. The minimum atomic E-state index is -2.46. The van der Waals surface area contributed by atoms with Crippen molar-refractivity contribution in [3.8, 4) is 0 Å². The molecule has 8 heteroatoms. The monoisotopic (exact) mass is 379 g/mol. The summed E-state index contributed by atoms with van der Waals surface area (Å²) in [6.45, 7) is 7.76. The molecule has 1 aromatic carbocycles. The molecule has 0 bridgehead atoms. The Kier molecular flexibility index (Phi) is 3.76. The average molecular weight is 379 g/mol. The van der Waals surface area contributed by atoms with Gasteiger partial charge in [0.15, 0.2) is 0 Å². The molecule has 0 N–H and O–H groups in total. The van der Waals surface area contributed by atoms with E-state index in [1.807, 2.05) is 27.7 Å². The van der Waals surface area contributed by atoms with E-state index < -0.39 is 33.9 Å². The van der Waals surface area contributed by atoms with E-state index in [9.17, 15) is 13.4 Å². The number of rotatable bonds is 2. The molecule has 2 heterocycles. The van der Waals surface area contributed by atoms with Gasteiger partial charge in [0.1, 0.15) is 17.3 Å². The topological polar surface area (TPSA) is 65.0 Å². The van der Waals surface area contributed by atoms with E-state index in [1.54, 1.807) is 6.07 Å². The van der Waals surface area contributed by atoms with Crippen molar-refractivity contribution >= 4 is 33.8 Å². The van der Waals surface area contributed by atoms with E-state index in [2.05, 4.69) is 4.36 Å². The van der Waals surface area contributed by atoms with Gasteiger partial charge in [-0.1, -0.05) is 6.07 Å². The molecule has 140 valence electrons. The standard InChI is InChI=1S/C18H23BFNO4S/c1-16(2)17(3,4)25-19(24-16)12-5-6-15(14(20)7-12)21-26(23)10-18(11-26)8-13(22)9-18/h5-7H,8-11H2,1-4H3. The van der Waals surface area contributed by atoms with Crippen LogP contribution in [-0.4, -0.2) is 39.8 Å². The van der Waals surface area contributed by atoms with Crippen LogP contribution in [0.3, 0.4) is 0 Å². The van der Waals surface area contributed by atoms with Gasteiger partial charge in [0.05, 0.1) is 20.9 Å². The van der Waals surface area contributed by atoms with Gasteiger partial charge in [-0.05, 0) is 45.3 Å². The Morgan fingerprint density at radius 2 is 1.69 bits per heavy atom. The fraction of sp³-hybridized carbons (Fsp3) is 0.611.